The Labute approximate surface area is 205 Å². The third kappa shape index (κ3) is 7.01. The Kier molecular flexibility index (Phi) is 8.91. The summed E-state index contributed by atoms with van der Waals surface area (Å²) in [4.78, 5) is 5.04. The van der Waals surface area contributed by atoms with Gasteiger partial charge in [-0.3, -0.25) is 9.80 Å². The van der Waals surface area contributed by atoms with E-state index in [1.807, 2.05) is 0 Å². The number of piperazine rings is 1. The highest BCUT2D eigenvalue weighted by Gasteiger charge is 2.18. The van der Waals surface area contributed by atoms with Crippen LogP contribution in [0.3, 0.4) is 0 Å². The summed E-state index contributed by atoms with van der Waals surface area (Å²) in [6.45, 7) is 7.14. The van der Waals surface area contributed by atoms with E-state index in [1.54, 1.807) is 0 Å². The van der Waals surface area contributed by atoms with E-state index in [-0.39, 0.29) is 6.10 Å². The van der Waals surface area contributed by atoms with Gasteiger partial charge in [0.15, 0.2) is 0 Å². The van der Waals surface area contributed by atoms with Gasteiger partial charge in [0.25, 0.3) is 0 Å². The zero-order valence-electron chi connectivity index (χ0n) is 18.4. The molecule has 1 unspecified atom stereocenters. The molecule has 0 N–H and O–H groups in total. The van der Waals surface area contributed by atoms with Gasteiger partial charge < -0.3 is 4.74 Å². The summed E-state index contributed by atoms with van der Waals surface area (Å²) in [7, 11) is 0. The molecule has 0 aromatic heterocycles. The Balaban J connectivity index is 1.23. The molecule has 3 nitrogen and oxygen atoms in total. The van der Waals surface area contributed by atoms with Crippen molar-refractivity contribution in [2.45, 2.75) is 6.10 Å². The van der Waals surface area contributed by atoms with Crippen LogP contribution in [0.4, 0.5) is 0 Å². The van der Waals surface area contributed by atoms with Crippen LogP contribution in [0.2, 0.25) is 0 Å². The molecule has 0 radical (unpaired) electrons. The summed E-state index contributed by atoms with van der Waals surface area (Å²) < 4.78 is 7.67. The molecule has 4 rings (SSSR count). The molecule has 1 aliphatic heterocycles. The van der Waals surface area contributed by atoms with Crippen LogP contribution in [0.1, 0.15) is 22.8 Å². The van der Waals surface area contributed by atoms with Crippen LogP contribution in [0, 0.1) is 3.57 Å². The zero-order chi connectivity index (χ0) is 22.0. The predicted molar refractivity (Wildman–Crippen MR) is 142 cm³/mol. The fourth-order valence-corrected chi connectivity index (χ4v) is 4.41. The molecule has 1 atom stereocenters. The number of hydrogen-bond donors (Lipinski definition) is 0. The lowest BCUT2D eigenvalue weighted by atomic mass is 10.0. The van der Waals surface area contributed by atoms with Crippen molar-refractivity contribution in [1.82, 2.24) is 9.80 Å². The fraction of sp³-hybridized carbons (Fsp3) is 0.286. The average molecular weight is 536 g/mol. The third-order valence-corrected chi connectivity index (χ3v) is 6.62. The van der Waals surface area contributed by atoms with E-state index in [9.17, 15) is 0 Å². The van der Waals surface area contributed by atoms with Crippen LogP contribution < -0.4 is 0 Å². The molecule has 0 spiro atoms. The molecule has 1 saturated heterocycles. The molecule has 0 aliphatic carbocycles. The molecule has 4 heteroatoms. The largest absolute Gasteiger partial charge is 0.367 e. The van der Waals surface area contributed by atoms with Gasteiger partial charge in [0.2, 0.25) is 0 Å². The molecule has 166 valence electrons. The van der Waals surface area contributed by atoms with Gasteiger partial charge in [-0.05, 0) is 51.4 Å². The van der Waals surface area contributed by atoms with Crippen LogP contribution in [0.25, 0.3) is 6.08 Å². The number of hydrogen-bond acceptors (Lipinski definition) is 3. The Bertz CT molecular complexity index is 952. The molecule has 0 saturated carbocycles. The Hall–Kier alpha value is -1.99. The van der Waals surface area contributed by atoms with Gasteiger partial charge in [-0.1, -0.05) is 84.9 Å². The highest BCUT2D eigenvalue weighted by molar-refractivity contribution is 14.1. The Morgan fingerprint density at radius 1 is 0.750 bits per heavy atom. The molecule has 0 amide bonds. The summed E-state index contributed by atoms with van der Waals surface area (Å²) in [6, 6.07) is 29.7. The first kappa shape index (κ1) is 23.2. The summed E-state index contributed by atoms with van der Waals surface area (Å²) >= 11 is 2.35. The molecular formula is C28H31IN2O. The maximum absolute atomic E-state index is 6.43. The predicted octanol–water partition coefficient (Wildman–Crippen LogP) is 5.73. The van der Waals surface area contributed by atoms with Gasteiger partial charge in [0.1, 0.15) is 6.10 Å². The molecule has 32 heavy (non-hydrogen) atoms. The third-order valence-electron chi connectivity index (χ3n) is 5.91. The Morgan fingerprint density at radius 3 is 2.03 bits per heavy atom. The highest BCUT2D eigenvalue weighted by Crippen LogP contribution is 2.26. The van der Waals surface area contributed by atoms with E-state index in [0.29, 0.717) is 0 Å². The summed E-state index contributed by atoms with van der Waals surface area (Å²) in [6.07, 6.45) is 4.48. The zero-order valence-corrected chi connectivity index (χ0v) is 20.6. The maximum Gasteiger partial charge on any atom is 0.108 e. The van der Waals surface area contributed by atoms with E-state index in [1.165, 1.54) is 20.3 Å². The molecule has 1 aliphatic rings. The van der Waals surface area contributed by atoms with Gasteiger partial charge in [0, 0.05) is 42.8 Å². The maximum atomic E-state index is 6.43. The average Bonchev–Trinajstić information content (AvgIpc) is 2.85. The molecule has 1 fully saturated rings. The summed E-state index contributed by atoms with van der Waals surface area (Å²) in [5.74, 6) is 0. The number of halogens is 1. The van der Waals surface area contributed by atoms with Crippen molar-refractivity contribution in [1.29, 1.82) is 0 Å². The van der Waals surface area contributed by atoms with E-state index in [4.69, 9.17) is 4.74 Å². The van der Waals surface area contributed by atoms with Crippen LogP contribution in [-0.2, 0) is 4.74 Å². The molecular weight excluding hydrogens is 505 g/mol. The van der Waals surface area contributed by atoms with E-state index < -0.39 is 0 Å². The lowest BCUT2D eigenvalue weighted by Crippen LogP contribution is -2.47. The lowest BCUT2D eigenvalue weighted by Gasteiger charge is -2.34. The molecule has 3 aromatic carbocycles. The second kappa shape index (κ2) is 12.3. The van der Waals surface area contributed by atoms with E-state index in [0.717, 1.165) is 45.9 Å². The first-order valence-corrected chi connectivity index (χ1v) is 12.4. The van der Waals surface area contributed by atoms with Gasteiger partial charge in [-0.25, -0.2) is 0 Å². The summed E-state index contributed by atoms with van der Waals surface area (Å²) in [5.41, 5.74) is 3.69. The van der Waals surface area contributed by atoms with Crippen molar-refractivity contribution in [3.05, 3.63) is 111 Å². The van der Waals surface area contributed by atoms with Crippen LogP contribution >= 0.6 is 22.6 Å². The van der Waals surface area contributed by atoms with Crippen LogP contribution in [0.15, 0.2) is 91.0 Å². The highest BCUT2D eigenvalue weighted by atomic mass is 125. The first-order chi connectivity index (χ1) is 15.8. The molecule has 3 aromatic rings. The van der Waals surface area contributed by atoms with Crippen LogP contribution in [-0.4, -0.2) is 55.7 Å². The van der Waals surface area contributed by atoms with Gasteiger partial charge >= 0.3 is 0 Å². The van der Waals surface area contributed by atoms with Crippen molar-refractivity contribution in [3.63, 3.8) is 0 Å². The number of rotatable bonds is 9. The van der Waals surface area contributed by atoms with E-state index >= 15 is 0 Å². The monoisotopic (exact) mass is 536 g/mol. The SMILES string of the molecule is [125I]c1ccc(C(OCCN2CCN(C/C=C/c3ccccc3)CC2)c2ccccc2)cc1. The molecule has 1 heterocycles. The van der Waals surface area contributed by atoms with Crippen LogP contribution in [0.5, 0.6) is 0 Å². The first-order valence-electron chi connectivity index (χ1n) is 11.4. The number of nitrogens with zero attached hydrogens (tertiary/aromatic N) is 2. The Morgan fingerprint density at radius 2 is 1.34 bits per heavy atom. The fourth-order valence-electron chi connectivity index (χ4n) is 4.05. The minimum Gasteiger partial charge on any atom is -0.367 e. The molecule has 0 bridgehead atoms. The van der Waals surface area contributed by atoms with Gasteiger partial charge in [-0.15, -0.1) is 0 Å². The second-order valence-electron chi connectivity index (χ2n) is 8.17. The van der Waals surface area contributed by atoms with Gasteiger partial charge in [0.05, 0.1) is 6.61 Å². The van der Waals surface area contributed by atoms with Crippen molar-refractivity contribution < 1.29 is 4.74 Å². The van der Waals surface area contributed by atoms with Crippen molar-refractivity contribution in [2.24, 2.45) is 0 Å². The quantitative estimate of drug-likeness (QED) is 0.325. The minimum absolute atomic E-state index is 0.0161. The van der Waals surface area contributed by atoms with Gasteiger partial charge in [-0.2, -0.15) is 0 Å². The number of ether oxygens (including phenoxy) is 1. The minimum atomic E-state index is -0.0161. The van der Waals surface area contributed by atoms with Crippen molar-refractivity contribution in [2.75, 3.05) is 45.9 Å². The van der Waals surface area contributed by atoms with Crippen molar-refractivity contribution in [3.8, 4) is 0 Å². The standard InChI is InChI=1S/C28H31IN2O/c29-27-15-13-26(14-16-27)28(25-11-5-2-6-12-25)32-23-22-31-20-18-30(19-21-31)17-7-10-24-8-3-1-4-9-24/h1-16,28H,17-23H2/b10-7+/i29-2. The van der Waals surface area contributed by atoms with E-state index in [2.05, 4.69) is 129 Å². The summed E-state index contributed by atoms with van der Waals surface area (Å²) in [5, 5.41) is 0. The lowest BCUT2D eigenvalue weighted by molar-refractivity contribution is 0.0468. The smallest absolute Gasteiger partial charge is 0.108 e. The van der Waals surface area contributed by atoms with Crippen molar-refractivity contribution >= 4 is 28.7 Å². The topological polar surface area (TPSA) is 15.7 Å². The number of benzene rings is 3. The second-order valence-corrected chi connectivity index (χ2v) is 9.41. The normalized spacial score (nSPS) is 16.4.